The second kappa shape index (κ2) is 10.4. The molecule has 0 radical (unpaired) electrons. The van der Waals surface area contributed by atoms with Gasteiger partial charge >= 0.3 is 0 Å². The average Bonchev–Trinajstić information content (AvgIpc) is 2.94. The Morgan fingerprint density at radius 1 is 0.442 bits per heavy atom. The molecule has 4 saturated carbocycles. The maximum atomic E-state index is 6.66. The van der Waals surface area contributed by atoms with Crippen LogP contribution < -0.4 is 48.6 Å². The molecule has 4 aromatic carbocycles. The second-order valence-electron chi connectivity index (χ2n) is 12.5. The number of benzene rings is 4. The van der Waals surface area contributed by atoms with E-state index in [9.17, 15) is 0 Å². The molecule has 4 aliphatic carbocycles. The number of nitrogens with two attached hydrogens (primary N) is 6. The van der Waals surface area contributed by atoms with E-state index in [2.05, 4.69) is 0 Å². The van der Waals surface area contributed by atoms with Crippen molar-refractivity contribution in [1.82, 2.24) is 0 Å². The summed E-state index contributed by atoms with van der Waals surface area (Å²) in [6.07, 6.45) is 6.21. The van der Waals surface area contributed by atoms with Crippen LogP contribution in [-0.4, -0.2) is 0 Å². The summed E-state index contributed by atoms with van der Waals surface area (Å²) in [7, 11) is 0. The Morgan fingerprint density at radius 2 is 0.837 bits per heavy atom. The first-order chi connectivity index (χ1) is 20.7. The molecule has 43 heavy (non-hydrogen) atoms. The molecule has 222 valence electrons. The number of ether oxygens (including phenoxy) is 3. The Kier molecular flexibility index (Phi) is 6.53. The van der Waals surface area contributed by atoms with E-state index in [1.165, 1.54) is 32.1 Å². The van der Waals surface area contributed by atoms with E-state index < -0.39 is 0 Å². The van der Waals surface area contributed by atoms with Crippen molar-refractivity contribution in [3.05, 3.63) is 72.3 Å². The summed E-state index contributed by atoms with van der Waals surface area (Å²) in [6.45, 7) is 0. The maximum Gasteiger partial charge on any atom is 0.150 e. The lowest BCUT2D eigenvalue weighted by Crippen LogP contribution is -2.43. The van der Waals surface area contributed by atoms with Crippen molar-refractivity contribution in [2.45, 2.75) is 38.0 Å². The number of rotatable bonds is 7. The summed E-state index contributed by atoms with van der Waals surface area (Å²) >= 11 is 0. The molecule has 0 amide bonds. The molecule has 0 spiro atoms. The predicted octanol–water partition coefficient (Wildman–Crippen LogP) is 7.10. The molecule has 0 aliphatic heterocycles. The van der Waals surface area contributed by atoms with Gasteiger partial charge < -0.3 is 48.6 Å². The van der Waals surface area contributed by atoms with Crippen LogP contribution in [0.2, 0.25) is 0 Å². The van der Waals surface area contributed by atoms with Crippen LogP contribution in [0.4, 0.5) is 34.1 Å². The largest absolute Gasteiger partial charge is 0.455 e. The van der Waals surface area contributed by atoms with Crippen molar-refractivity contribution in [3.8, 4) is 34.5 Å². The molecule has 4 aromatic rings. The Hall–Kier alpha value is -4.92. The zero-order valence-electron chi connectivity index (χ0n) is 24.0. The summed E-state index contributed by atoms with van der Waals surface area (Å²) in [5.74, 6) is 6.09. The predicted molar refractivity (Wildman–Crippen MR) is 172 cm³/mol. The van der Waals surface area contributed by atoms with E-state index >= 15 is 0 Å². The van der Waals surface area contributed by atoms with Crippen LogP contribution in [0.5, 0.6) is 34.5 Å². The van der Waals surface area contributed by atoms with Crippen LogP contribution in [0.3, 0.4) is 0 Å². The third-order valence-corrected chi connectivity index (χ3v) is 9.41. The topological polar surface area (TPSA) is 184 Å². The molecular formula is C34H38N6O3. The van der Waals surface area contributed by atoms with Crippen molar-refractivity contribution in [2.75, 3.05) is 34.4 Å². The third-order valence-electron chi connectivity index (χ3n) is 9.41. The minimum Gasteiger partial charge on any atom is -0.455 e. The molecule has 4 aliphatic rings. The first kappa shape index (κ1) is 26.9. The number of nitrogen functional groups attached to an aromatic ring is 6. The standard InChI is InChI=1S/C34H38N6O3/c35-21-1-4-28(25(38)12-21)41-24-15-31(42-29-5-2-22(36)13-26(29)39)34(32(16-24)43-30-6-3-23(37)14-27(30)40)33-19-8-17-7-18(10-19)11-20(33)9-17/h1-6,12-20,33H,7-11,35-40H2. The van der Waals surface area contributed by atoms with E-state index in [0.717, 1.165) is 17.4 Å². The molecule has 0 saturated heterocycles. The van der Waals surface area contributed by atoms with Gasteiger partial charge in [-0.25, -0.2) is 0 Å². The van der Waals surface area contributed by atoms with Gasteiger partial charge in [0.2, 0.25) is 0 Å². The first-order valence-corrected chi connectivity index (χ1v) is 14.9. The van der Waals surface area contributed by atoms with Gasteiger partial charge in [-0.2, -0.15) is 0 Å². The van der Waals surface area contributed by atoms with Crippen LogP contribution in [0.15, 0.2) is 66.7 Å². The van der Waals surface area contributed by atoms with Gasteiger partial charge in [-0.15, -0.1) is 0 Å². The fraction of sp³-hybridized carbons (Fsp3) is 0.294. The lowest BCUT2D eigenvalue weighted by atomic mass is 9.50. The third kappa shape index (κ3) is 5.16. The van der Waals surface area contributed by atoms with E-state index in [1.807, 2.05) is 12.1 Å². The monoisotopic (exact) mass is 578 g/mol. The molecule has 12 N–H and O–H groups in total. The highest BCUT2D eigenvalue weighted by Gasteiger charge is 2.50. The lowest BCUT2D eigenvalue weighted by molar-refractivity contribution is -0.00396. The smallest absolute Gasteiger partial charge is 0.150 e. The average molecular weight is 579 g/mol. The van der Waals surface area contributed by atoms with Gasteiger partial charge in [0.1, 0.15) is 34.5 Å². The molecular weight excluding hydrogens is 540 g/mol. The molecule has 9 heteroatoms. The van der Waals surface area contributed by atoms with Crippen LogP contribution >= 0.6 is 0 Å². The van der Waals surface area contributed by atoms with Gasteiger partial charge in [-0.05, 0) is 116 Å². The van der Waals surface area contributed by atoms with E-state index in [0.29, 0.717) is 80.5 Å². The molecule has 0 unspecified atom stereocenters. The Bertz CT molecular complexity index is 1600. The molecule has 4 bridgehead atoms. The maximum absolute atomic E-state index is 6.66. The van der Waals surface area contributed by atoms with Crippen molar-refractivity contribution in [3.63, 3.8) is 0 Å². The number of hydrogen-bond donors (Lipinski definition) is 6. The number of anilines is 6. The molecule has 0 aromatic heterocycles. The Balaban J connectivity index is 1.40. The summed E-state index contributed by atoms with van der Waals surface area (Å²) in [5, 5.41) is 0. The Morgan fingerprint density at radius 3 is 1.23 bits per heavy atom. The summed E-state index contributed by atoms with van der Waals surface area (Å²) in [4.78, 5) is 0. The zero-order valence-corrected chi connectivity index (χ0v) is 24.0. The minimum atomic E-state index is 0.249. The van der Waals surface area contributed by atoms with Gasteiger partial charge in [0.15, 0.2) is 0 Å². The van der Waals surface area contributed by atoms with Crippen molar-refractivity contribution in [2.24, 2.45) is 23.7 Å². The highest BCUT2D eigenvalue weighted by molar-refractivity contribution is 5.66. The molecule has 9 nitrogen and oxygen atoms in total. The van der Waals surface area contributed by atoms with Crippen LogP contribution in [0, 0.1) is 23.7 Å². The summed E-state index contributed by atoms with van der Waals surface area (Å²) in [5.41, 5.74) is 40.9. The van der Waals surface area contributed by atoms with E-state index in [4.69, 9.17) is 48.6 Å². The number of hydrogen-bond acceptors (Lipinski definition) is 9. The van der Waals surface area contributed by atoms with Gasteiger partial charge in [0.25, 0.3) is 0 Å². The highest BCUT2D eigenvalue weighted by Crippen LogP contribution is 2.63. The molecule has 8 rings (SSSR count). The van der Waals surface area contributed by atoms with E-state index in [1.54, 1.807) is 54.6 Å². The molecule has 4 fully saturated rings. The SMILES string of the molecule is Nc1ccc(Oc2cc(Oc3ccc(N)cc3N)c(C3C4CC5CC(C4)CC3C5)c(Oc3ccc(N)cc3N)c2)c(N)c1. The van der Waals surface area contributed by atoms with Gasteiger partial charge in [0, 0.05) is 34.8 Å². The molecule has 0 atom stereocenters. The van der Waals surface area contributed by atoms with Gasteiger partial charge in [0.05, 0.1) is 17.1 Å². The quantitative estimate of drug-likeness (QED) is 0.124. The van der Waals surface area contributed by atoms with Crippen LogP contribution in [0.25, 0.3) is 0 Å². The van der Waals surface area contributed by atoms with Crippen molar-refractivity contribution >= 4 is 34.1 Å². The Labute approximate surface area is 251 Å². The van der Waals surface area contributed by atoms with Crippen LogP contribution in [-0.2, 0) is 0 Å². The minimum absolute atomic E-state index is 0.249. The van der Waals surface area contributed by atoms with E-state index in [-0.39, 0.29) is 5.92 Å². The summed E-state index contributed by atoms with van der Waals surface area (Å²) in [6, 6.07) is 19.4. The summed E-state index contributed by atoms with van der Waals surface area (Å²) < 4.78 is 19.7. The lowest BCUT2D eigenvalue weighted by Gasteiger charge is -2.54. The normalized spacial score (nSPS) is 23.7. The molecule has 0 heterocycles. The van der Waals surface area contributed by atoms with Gasteiger partial charge in [-0.3, -0.25) is 0 Å². The first-order valence-electron chi connectivity index (χ1n) is 14.9. The fourth-order valence-electron chi connectivity index (χ4n) is 7.87. The van der Waals surface area contributed by atoms with Gasteiger partial charge in [-0.1, -0.05) is 0 Å². The van der Waals surface area contributed by atoms with Crippen LogP contribution in [0.1, 0.15) is 43.6 Å². The second-order valence-corrected chi connectivity index (χ2v) is 12.5. The highest BCUT2D eigenvalue weighted by atomic mass is 16.5. The fourth-order valence-corrected chi connectivity index (χ4v) is 7.87. The van der Waals surface area contributed by atoms with Crippen molar-refractivity contribution < 1.29 is 14.2 Å². The van der Waals surface area contributed by atoms with Crippen molar-refractivity contribution in [1.29, 1.82) is 0 Å². The zero-order chi connectivity index (χ0) is 29.8.